The Kier molecular flexibility index (Phi) is 2.63. The summed E-state index contributed by atoms with van der Waals surface area (Å²) in [6.45, 7) is 2.50. The molecule has 0 atom stereocenters. The number of carbonyl (C=O) groups is 1. The van der Waals surface area contributed by atoms with Crippen molar-refractivity contribution >= 4 is 5.91 Å². The van der Waals surface area contributed by atoms with Crippen molar-refractivity contribution in [1.29, 1.82) is 0 Å². The van der Waals surface area contributed by atoms with E-state index in [9.17, 15) is 9.18 Å². The molecule has 0 bridgehead atoms. The molecule has 1 aliphatic rings. The minimum Gasteiger partial charge on any atom is -0.333 e. The van der Waals surface area contributed by atoms with Gasteiger partial charge in [-0.05, 0) is 12.5 Å². The Hall–Kier alpha value is -0.860. The molecule has 62 valence electrons. The van der Waals surface area contributed by atoms with Crippen LogP contribution in [0, 0.1) is 0 Å². The zero-order chi connectivity index (χ0) is 8.27. The number of hydrogen-bond donors (Lipinski definition) is 0. The van der Waals surface area contributed by atoms with Crippen molar-refractivity contribution in [2.24, 2.45) is 0 Å². The van der Waals surface area contributed by atoms with Gasteiger partial charge in [-0.1, -0.05) is 13.0 Å². The topological polar surface area (TPSA) is 20.3 Å². The third-order valence-corrected chi connectivity index (χ3v) is 1.64. The van der Waals surface area contributed by atoms with Crippen LogP contribution >= 0.6 is 0 Å². The third-order valence-electron chi connectivity index (χ3n) is 1.64. The molecule has 0 aromatic heterocycles. The van der Waals surface area contributed by atoms with Gasteiger partial charge in [-0.15, -0.1) is 0 Å². The van der Waals surface area contributed by atoms with Crippen molar-refractivity contribution < 1.29 is 9.18 Å². The molecule has 0 unspecified atom stereocenters. The normalized spacial score (nSPS) is 18.9. The van der Waals surface area contributed by atoms with Gasteiger partial charge in [-0.3, -0.25) is 4.79 Å². The molecule has 0 saturated carbocycles. The number of amides is 1. The van der Waals surface area contributed by atoms with E-state index in [1.54, 1.807) is 6.08 Å². The van der Waals surface area contributed by atoms with Gasteiger partial charge in [0.1, 0.15) is 6.17 Å². The van der Waals surface area contributed by atoms with Crippen LogP contribution in [-0.2, 0) is 4.79 Å². The predicted molar refractivity (Wildman–Crippen MR) is 40.9 cm³/mol. The molecule has 1 amide bonds. The van der Waals surface area contributed by atoms with Crippen molar-refractivity contribution in [2.75, 3.05) is 13.1 Å². The molecular formula is C8H12FNO. The van der Waals surface area contributed by atoms with Gasteiger partial charge >= 0.3 is 0 Å². The van der Waals surface area contributed by atoms with Gasteiger partial charge in [0.15, 0.2) is 0 Å². The molecule has 1 aliphatic heterocycles. The SMILES string of the molecule is CC/C=C/C(=O)N1CC(F)C1. The van der Waals surface area contributed by atoms with Crippen LogP contribution in [0.15, 0.2) is 12.2 Å². The zero-order valence-electron chi connectivity index (χ0n) is 6.59. The van der Waals surface area contributed by atoms with E-state index in [1.165, 1.54) is 11.0 Å². The molecular weight excluding hydrogens is 145 g/mol. The second kappa shape index (κ2) is 3.51. The van der Waals surface area contributed by atoms with Crippen LogP contribution in [0.25, 0.3) is 0 Å². The van der Waals surface area contributed by atoms with E-state index < -0.39 is 6.17 Å². The standard InChI is InChI=1S/C8H12FNO/c1-2-3-4-8(11)10-5-7(9)6-10/h3-4,7H,2,5-6H2,1H3/b4-3+. The molecule has 1 fully saturated rings. The van der Waals surface area contributed by atoms with Gasteiger partial charge in [0.25, 0.3) is 0 Å². The summed E-state index contributed by atoms with van der Waals surface area (Å²) in [6, 6.07) is 0. The first-order valence-corrected chi connectivity index (χ1v) is 3.83. The summed E-state index contributed by atoms with van der Waals surface area (Å²) in [5.41, 5.74) is 0. The molecule has 0 N–H and O–H groups in total. The Labute approximate surface area is 65.7 Å². The van der Waals surface area contributed by atoms with Crippen LogP contribution in [-0.4, -0.2) is 30.1 Å². The smallest absolute Gasteiger partial charge is 0.246 e. The highest BCUT2D eigenvalue weighted by Crippen LogP contribution is 2.11. The van der Waals surface area contributed by atoms with Gasteiger partial charge in [0, 0.05) is 0 Å². The molecule has 1 rings (SSSR count). The summed E-state index contributed by atoms with van der Waals surface area (Å²) in [5, 5.41) is 0. The summed E-state index contributed by atoms with van der Waals surface area (Å²) in [7, 11) is 0. The van der Waals surface area contributed by atoms with Gasteiger partial charge in [0.05, 0.1) is 13.1 Å². The predicted octanol–water partition coefficient (Wildman–Crippen LogP) is 1.13. The molecule has 2 nitrogen and oxygen atoms in total. The van der Waals surface area contributed by atoms with Gasteiger partial charge in [-0.2, -0.15) is 0 Å². The Balaban J connectivity index is 2.26. The third kappa shape index (κ3) is 2.03. The summed E-state index contributed by atoms with van der Waals surface area (Å²) in [4.78, 5) is 12.5. The molecule has 0 aromatic carbocycles. The maximum absolute atomic E-state index is 12.2. The van der Waals surface area contributed by atoms with Crippen LogP contribution in [0.4, 0.5) is 4.39 Å². The van der Waals surface area contributed by atoms with E-state index in [2.05, 4.69) is 0 Å². The molecule has 11 heavy (non-hydrogen) atoms. The van der Waals surface area contributed by atoms with E-state index in [0.29, 0.717) is 0 Å². The number of rotatable bonds is 2. The molecule has 0 spiro atoms. The number of alkyl halides is 1. The summed E-state index contributed by atoms with van der Waals surface area (Å²) < 4.78 is 12.2. The van der Waals surface area contributed by atoms with E-state index in [1.807, 2.05) is 6.92 Å². The molecule has 0 aromatic rings. The zero-order valence-corrected chi connectivity index (χ0v) is 6.59. The first-order valence-electron chi connectivity index (χ1n) is 3.83. The number of carbonyl (C=O) groups excluding carboxylic acids is 1. The van der Waals surface area contributed by atoms with Gasteiger partial charge in [0.2, 0.25) is 5.91 Å². The van der Waals surface area contributed by atoms with Crippen molar-refractivity contribution in [3.63, 3.8) is 0 Å². The highest BCUT2D eigenvalue weighted by molar-refractivity contribution is 5.88. The highest BCUT2D eigenvalue weighted by Gasteiger charge is 2.28. The first-order chi connectivity index (χ1) is 5.24. The fourth-order valence-electron chi connectivity index (χ4n) is 0.929. The van der Waals surface area contributed by atoms with Crippen molar-refractivity contribution in [3.8, 4) is 0 Å². The summed E-state index contributed by atoms with van der Waals surface area (Å²) >= 11 is 0. The van der Waals surface area contributed by atoms with E-state index >= 15 is 0 Å². The van der Waals surface area contributed by atoms with Crippen LogP contribution in [0.5, 0.6) is 0 Å². The molecule has 0 radical (unpaired) electrons. The highest BCUT2D eigenvalue weighted by atomic mass is 19.1. The first kappa shape index (κ1) is 8.24. The maximum atomic E-state index is 12.2. The minimum absolute atomic E-state index is 0.0687. The second-order valence-corrected chi connectivity index (χ2v) is 2.65. The van der Waals surface area contributed by atoms with Crippen molar-refractivity contribution in [2.45, 2.75) is 19.5 Å². The number of allylic oxidation sites excluding steroid dienone is 1. The molecule has 1 saturated heterocycles. The van der Waals surface area contributed by atoms with Crippen molar-refractivity contribution in [1.82, 2.24) is 4.90 Å². The molecule has 1 heterocycles. The van der Waals surface area contributed by atoms with E-state index in [-0.39, 0.29) is 19.0 Å². The van der Waals surface area contributed by atoms with Crippen LogP contribution in [0.2, 0.25) is 0 Å². The quantitative estimate of drug-likeness (QED) is 0.550. The molecule has 0 aliphatic carbocycles. The number of likely N-dealkylation sites (tertiary alicyclic amines) is 1. The van der Waals surface area contributed by atoms with E-state index in [0.717, 1.165) is 6.42 Å². The van der Waals surface area contributed by atoms with Gasteiger partial charge < -0.3 is 4.90 Å². The largest absolute Gasteiger partial charge is 0.333 e. The number of halogens is 1. The average Bonchev–Trinajstić information content (AvgIpc) is 1.94. The van der Waals surface area contributed by atoms with Crippen LogP contribution in [0.1, 0.15) is 13.3 Å². The lowest BCUT2D eigenvalue weighted by Gasteiger charge is -2.33. The van der Waals surface area contributed by atoms with Crippen LogP contribution in [0.3, 0.4) is 0 Å². The lowest BCUT2D eigenvalue weighted by molar-refractivity contribution is -0.132. The maximum Gasteiger partial charge on any atom is 0.246 e. The minimum atomic E-state index is -0.797. The Morgan fingerprint density at radius 1 is 1.73 bits per heavy atom. The summed E-state index contributed by atoms with van der Waals surface area (Å²) in [5.74, 6) is -0.0687. The van der Waals surface area contributed by atoms with Crippen LogP contribution < -0.4 is 0 Å². The van der Waals surface area contributed by atoms with Gasteiger partial charge in [-0.25, -0.2) is 4.39 Å². The van der Waals surface area contributed by atoms with E-state index in [4.69, 9.17) is 0 Å². The van der Waals surface area contributed by atoms with Crippen molar-refractivity contribution in [3.05, 3.63) is 12.2 Å². The monoisotopic (exact) mass is 157 g/mol. The fraction of sp³-hybridized carbons (Fsp3) is 0.625. The number of nitrogens with zero attached hydrogens (tertiary/aromatic N) is 1. The Morgan fingerprint density at radius 3 is 2.82 bits per heavy atom. The molecule has 3 heteroatoms. The average molecular weight is 157 g/mol. The Morgan fingerprint density at radius 2 is 2.36 bits per heavy atom. The lowest BCUT2D eigenvalue weighted by Crippen LogP contribution is -2.50. The Bertz CT molecular complexity index is 173. The lowest BCUT2D eigenvalue weighted by atomic mass is 10.2. The fourth-order valence-corrected chi connectivity index (χ4v) is 0.929. The second-order valence-electron chi connectivity index (χ2n) is 2.65. The number of hydrogen-bond acceptors (Lipinski definition) is 1. The summed E-state index contributed by atoms with van der Waals surface area (Å²) in [6.07, 6.45) is 3.34.